The van der Waals surface area contributed by atoms with Crippen molar-refractivity contribution in [2.24, 2.45) is 0 Å². The van der Waals surface area contributed by atoms with Crippen molar-refractivity contribution in [3.8, 4) is 0 Å². The number of carbonyl (C=O) groups excluding carboxylic acids is 3. The van der Waals surface area contributed by atoms with E-state index in [0.29, 0.717) is 11.3 Å². The third-order valence-electron chi connectivity index (χ3n) is 4.19. The molecule has 3 amide bonds. The van der Waals surface area contributed by atoms with E-state index in [4.69, 9.17) is 0 Å². The van der Waals surface area contributed by atoms with Crippen LogP contribution in [-0.4, -0.2) is 23.8 Å². The molecule has 1 heterocycles. The van der Waals surface area contributed by atoms with Crippen molar-refractivity contribution in [1.82, 2.24) is 5.32 Å². The van der Waals surface area contributed by atoms with Crippen molar-refractivity contribution >= 4 is 29.1 Å². The Balaban J connectivity index is 1.61. The minimum absolute atomic E-state index is 0.00147. The van der Waals surface area contributed by atoms with Gasteiger partial charge >= 0.3 is 6.18 Å². The summed E-state index contributed by atoms with van der Waals surface area (Å²) in [5, 5.41) is 7.54. The minimum atomic E-state index is -4.52. The maximum atomic E-state index is 12.7. The molecule has 3 N–H and O–H groups in total. The Bertz CT molecular complexity index is 928. The summed E-state index contributed by atoms with van der Waals surface area (Å²) >= 11 is 0. The molecule has 6 nitrogen and oxygen atoms in total. The van der Waals surface area contributed by atoms with Gasteiger partial charge < -0.3 is 16.0 Å². The molecule has 1 atom stereocenters. The fourth-order valence-electron chi connectivity index (χ4n) is 2.79. The fraction of sp³-hybridized carbons (Fsp3) is 0.211. The number of carbonyl (C=O) groups is 3. The first-order chi connectivity index (χ1) is 13.2. The van der Waals surface area contributed by atoms with Gasteiger partial charge in [-0.1, -0.05) is 18.2 Å². The second kappa shape index (κ2) is 7.71. The summed E-state index contributed by atoms with van der Waals surface area (Å²) in [6.07, 6.45) is -4.68. The van der Waals surface area contributed by atoms with Crippen molar-refractivity contribution < 1.29 is 27.6 Å². The second-order valence-electron chi connectivity index (χ2n) is 6.23. The zero-order valence-corrected chi connectivity index (χ0v) is 14.5. The van der Waals surface area contributed by atoms with Crippen LogP contribution >= 0.6 is 0 Å². The van der Waals surface area contributed by atoms with Gasteiger partial charge in [-0.2, -0.15) is 13.2 Å². The number of benzene rings is 2. The Kier molecular flexibility index (Phi) is 5.34. The monoisotopic (exact) mass is 391 g/mol. The van der Waals surface area contributed by atoms with E-state index in [2.05, 4.69) is 16.0 Å². The normalized spacial score (nSPS) is 16.5. The van der Waals surface area contributed by atoms with Crippen LogP contribution in [0.3, 0.4) is 0 Å². The van der Waals surface area contributed by atoms with Gasteiger partial charge in [0, 0.05) is 12.1 Å². The lowest BCUT2D eigenvalue weighted by Crippen LogP contribution is -2.41. The van der Waals surface area contributed by atoms with Crippen LogP contribution in [0.1, 0.15) is 28.8 Å². The SMILES string of the molecule is O=C(CCC1NC(=O)c2ccccc2NC1=O)Nc1cccc(C(F)(F)F)c1. The standard InChI is InChI=1S/C19H16F3N3O3/c20-19(21,22)11-4-3-5-12(10-11)23-16(26)9-8-15-18(28)24-14-7-2-1-6-13(14)17(27)25-15/h1-7,10,15H,8-9H2,(H,23,26)(H,24,28)(H,25,27). The van der Waals surface area contributed by atoms with Gasteiger partial charge in [-0.25, -0.2) is 0 Å². The van der Waals surface area contributed by atoms with E-state index >= 15 is 0 Å². The Morgan fingerprint density at radius 1 is 1.07 bits per heavy atom. The van der Waals surface area contributed by atoms with Crippen molar-refractivity contribution in [2.75, 3.05) is 10.6 Å². The molecule has 28 heavy (non-hydrogen) atoms. The zero-order valence-electron chi connectivity index (χ0n) is 14.5. The lowest BCUT2D eigenvalue weighted by Gasteiger charge is -2.14. The number of para-hydroxylation sites is 1. The number of halogens is 3. The van der Waals surface area contributed by atoms with Crippen LogP contribution < -0.4 is 16.0 Å². The van der Waals surface area contributed by atoms with Gasteiger partial charge in [-0.3, -0.25) is 14.4 Å². The highest BCUT2D eigenvalue weighted by atomic mass is 19.4. The minimum Gasteiger partial charge on any atom is -0.340 e. The molecule has 0 radical (unpaired) electrons. The molecule has 0 saturated heterocycles. The van der Waals surface area contributed by atoms with Crippen LogP contribution in [0.15, 0.2) is 48.5 Å². The van der Waals surface area contributed by atoms with E-state index in [9.17, 15) is 27.6 Å². The van der Waals surface area contributed by atoms with Gasteiger partial charge in [0.2, 0.25) is 11.8 Å². The van der Waals surface area contributed by atoms with Crippen LogP contribution in [0.25, 0.3) is 0 Å². The number of hydrogen-bond donors (Lipinski definition) is 3. The summed E-state index contributed by atoms with van der Waals surface area (Å²) in [7, 11) is 0. The van der Waals surface area contributed by atoms with Crippen LogP contribution in [0.4, 0.5) is 24.5 Å². The Morgan fingerprint density at radius 3 is 2.57 bits per heavy atom. The quantitative estimate of drug-likeness (QED) is 0.748. The largest absolute Gasteiger partial charge is 0.416 e. The molecule has 3 rings (SSSR count). The Labute approximate surface area is 158 Å². The van der Waals surface area contributed by atoms with Gasteiger partial charge in [0.1, 0.15) is 6.04 Å². The first-order valence-electron chi connectivity index (χ1n) is 8.42. The molecule has 0 aliphatic carbocycles. The summed E-state index contributed by atoms with van der Waals surface area (Å²) < 4.78 is 38.2. The van der Waals surface area contributed by atoms with E-state index in [1.54, 1.807) is 24.3 Å². The van der Waals surface area contributed by atoms with Crippen molar-refractivity contribution in [1.29, 1.82) is 0 Å². The number of fused-ring (bicyclic) bond motifs is 1. The second-order valence-corrected chi connectivity index (χ2v) is 6.23. The molecule has 0 spiro atoms. The number of hydrogen-bond acceptors (Lipinski definition) is 3. The number of anilines is 2. The van der Waals surface area contributed by atoms with Gasteiger partial charge in [0.15, 0.2) is 0 Å². The molecule has 2 aromatic carbocycles. The van der Waals surface area contributed by atoms with Gasteiger partial charge in [0.25, 0.3) is 5.91 Å². The van der Waals surface area contributed by atoms with Crippen molar-refractivity contribution in [3.05, 3.63) is 59.7 Å². The molecule has 0 bridgehead atoms. The average Bonchev–Trinajstić information content (AvgIpc) is 2.76. The predicted molar refractivity (Wildman–Crippen MR) is 95.6 cm³/mol. The number of amides is 3. The van der Waals surface area contributed by atoms with E-state index in [-0.39, 0.29) is 18.5 Å². The van der Waals surface area contributed by atoms with E-state index in [1.165, 1.54) is 12.1 Å². The van der Waals surface area contributed by atoms with E-state index in [0.717, 1.165) is 12.1 Å². The van der Waals surface area contributed by atoms with Crippen LogP contribution in [-0.2, 0) is 15.8 Å². The third-order valence-corrected chi connectivity index (χ3v) is 4.19. The lowest BCUT2D eigenvalue weighted by molar-refractivity contribution is -0.137. The van der Waals surface area contributed by atoms with Crippen molar-refractivity contribution in [3.63, 3.8) is 0 Å². The van der Waals surface area contributed by atoms with Gasteiger partial charge in [-0.15, -0.1) is 0 Å². The summed E-state index contributed by atoms with van der Waals surface area (Å²) in [4.78, 5) is 36.6. The number of alkyl halides is 3. The summed E-state index contributed by atoms with van der Waals surface area (Å²) in [5.41, 5.74) is -0.187. The van der Waals surface area contributed by atoms with Gasteiger partial charge in [-0.05, 0) is 36.8 Å². The molecule has 1 unspecified atom stereocenters. The molecule has 1 aliphatic rings. The first-order valence-corrected chi connectivity index (χ1v) is 8.42. The summed E-state index contributed by atoms with van der Waals surface area (Å²) in [5.74, 6) is -1.48. The maximum absolute atomic E-state index is 12.7. The number of nitrogens with one attached hydrogen (secondary N) is 3. The molecular weight excluding hydrogens is 375 g/mol. The molecular formula is C19H16F3N3O3. The highest BCUT2D eigenvalue weighted by Crippen LogP contribution is 2.30. The Morgan fingerprint density at radius 2 is 1.82 bits per heavy atom. The fourth-order valence-corrected chi connectivity index (χ4v) is 2.79. The molecule has 9 heteroatoms. The van der Waals surface area contributed by atoms with E-state index in [1.807, 2.05) is 0 Å². The first kappa shape index (κ1) is 19.4. The molecule has 0 saturated carbocycles. The molecule has 2 aromatic rings. The molecule has 1 aliphatic heterocycles. The molecule has 0 aromatic heterocycles. The topological polar surface area (TPSA) is 87.3 Å². The van der Waals surface area contributed by atoms with E-state index < -0.39 is 35.5 Å². The highest BCUT2D eigenvalue weighted by Gasteiger charge is 2.31. The average molecular weight is 391 g/mol. The Hall–Kier alpha value is -3.36. The lowest BCUT2D eigenvalue weighted by atomic mass is 10.1. The predicted octanol–water partition coefficient (Wildman–Crippen LogP) is 3.17. The van der Waals surface area contributed by atoms with Gasteiger partial charge in [0.05, 0.1) is 16.8 Å². The van der Waals surface area contributed by atoms with Crippen LogP contribution in [0, 0.1) is 0 Å². The molecule has 0 fully saturated rings. The highest BCUT2D eigenvalue weighted by molar-refractivity contribution is 6.09. The maximum Gasteiger partial charge on any atom is 0.416 e. The van der Waals surface area contributed by atoms with Crippen LogP contribution in [0.2, 0.25) is 0 Å². The van der Waals surface area contributed by atoms with Crippen molar-refractivity contribution in [2.45, 2.75) is 25.1 Å². The third kappa shape index (κ3) is 4.48. The summed E-state index contributed by atoms with van der Waals surface area (Å²) in [6, 6.07) is 9.81. The summed E-state index contributed by atoms with van der Waals surface area (Å²) in [6.45, 7) is 0. The zero-order chi connectivity index (χ0) is 20.3. The molecule has 146 valence electrons. The smallest absolute Gasteiger partial charge is 0.340 e. The number of rotatable bonds is 4. The van der Waals surface area contributed by atoms with Crippen LogP contribution in [0.5, 0.6) is 0 Å².